The summed E-state index contributed by atoms with van der Waals surface area (Å²) in [5.41, 5.74) is 0. The second kappa shape index (κ2) is 6.89. The van der Waals surface area contributed by atoms with E-state index in [2.05, 4.69) is 15.5 Å². The van der Waals surface area contributed by atoms with Gasteiger partial charge in [-0.05, 0) is 6.92 Å². The first-order valence-corrected chi connectivity index (χ1v) is 6.00. The van der Waals surface area contributed by atoms with Gasteiger partial charge in [0.1, 0.15) is 0 Å². The molecule has 0 bridgehead atoms. The second-order valence-electron chi connectivity index (χ2n) is 2.93. The summed E-state index contributed by atoms with van der Waals surface area (Å²) in [5, 5.41) is 10.1. The number of esters is 1. The number of carbonyl (C=O) groups is 2. The summed E-state index contributed by atoms with van der Waals surface area (Å²) in [6, 6.07) is 0. The number of hydrogen-bond acceptors (Lipinski definition) is 7. The third-order valence-corrected chi connectivity index (χ3v) is 2.38. The molecule has 1 heterocycles. The van der Waals surface area contributed by atoms with E-state index in [0.717, 1.165) is 0 Å². The van der Waals surface area contributed by atoms with Crippen LogP contribution in [0.3, 0.4) is 0 Å². The van der Waals surface area contributed by atoms with Crippen molar-refractivity contribution in [2.75, 3.05) is 18.9 Å². The van der Waals surface area contributed by atoms with E-state index in [-0.39, 0.29) is 23.6 Å². The fraction of sp³-hybridized carbons (Fsp3) is 0.556. The third kappa shape index (κ3) is 4.85. The Kier molecular flexibility index (Phi) is 5.47. The first kappa shape index (κ1) is 13.5. The lowest BCUT2D eigenvalue weighted by atomic mass is 10.6. The van der Waals surface area contributed by atoms with Gasteiger partial charge in [-0.25, -0.2) is 4.79 Å². The van der Waals surface area contributed by atoms with E-state index in [1.165, 1.54) is 18.7 Å². The van der Waals surface area contributed by atoms with Gasteiger partial charge in [-0.2, -0.15) is 0 Å². The van der Waals surface area contributed by atoms with Gasteiger partial charge in [-0.3, -0.25) is 4.79 Å². The van der Waals surface area contributed by atoms with Gasteiger partial charge in [0.25, 0.3) is 5.22 Å². The van der Waals surface area contributed by atoms with Crippen molar-refractivity contribution in [1.29, 1.82) is 0 Å². The summed E-state index contributed by atoms with van der Waals surface area (Å²) in [6.07, 6.45) is 0. The van der Waals surface area contributed by atoms with Crippen molar-refractivity contribution in [2.24, 2.45) is 0 Å². The van der Waals surface area contributed by atoms with Crippen LogP contribution in [0, 0.1) is 0 Å². The first-order valence-electron chi connectivity index (χ1n) is 5.01. The van der Waals surface area contributed by atoms with Crippen LogP contribution in [0.25, 0.3) is 0 Å². The van der Waals surface area contributed by atoms with Crippen molar-refractivity contribution in [3.63, 3.8) is 0 Å². The highest BCUT2D eigenvalue weighted by Gasteiger charge is 2.15. The maximum atomic E-state index is 11.2. The number of hydrogen-bond donors (Lipinski definition) is 1. The Bertz CT molecular complexity index is 393. The highest BCUT2D eigenvalue weighted by atomic mass is 32.2. The molecule has 0 radical (unpaired) electrons. The van der Waals surface area contributed by atoms with Crippen molar-refractivity contribution in [3.05, 3.63) is 5.89 Å². The lowest BCUT2D eigenvalue weighted by Crippen LogP contribution is -2.22. The molecule has 0 atom stereocenters. The van der Waals surface area contributed by atoms with Gasteiger partial charge in [0.05, 0.1) is 6.61 Å². The Balaban J connectivity index is 2.35. The van der Waals surface area contributed by atoms with Crippen molar-refractivity contribution in [3.8, 4) is 0 Å². The molecule has 1 amide bonds. The normalized spacial score (nSPS) is 10.0. The van der Waals surface area contributed by atoms with E-state index in [1.807, 2.05) is 0 Å². The zero-order valence-electron chi connectivity index (χ0n) is 9.56. The van der Waals surface area contributed by atoms with E-state index in [4.69, 9.17) is 9.15 Å². The lowest BCUT2D eigenvalue weighted by molar-refractivity contribution is -0.118. The van der Waals surface area contributed by atoms with E-state index in [0.29, 0.717) is 12.3 Å². The minimum Gasteiger partial charge on any atom is -0.459 e. The fourth-order valence-electron chi connectivity index (χ4n) is 0.909. The van der Waals surface area contributed by atoms with E-state index in [1.54, 1.807) is 6.92 Å². The Morgan fingerprint density at radius 1 is 1.47 bits per heavy atom. The van der Waals surface area contributed by atoms with Gasteiger partial charge in [0.2, 0.25) is 5.91 Å². The molecule has 0 aliphatic carbocycles. The molecular weight excluding hydrogens is 246 g/mol. The van der Waals surface area contributed by atoms with Crippen LogP contribution in [-0.2, 0) is 9.53 Å². The Morgan fingerprint density at radius 3 is 2.88 bits per heavy atom. The minimum atomic E-state index is -0.631. The number of nitrogens with zero attached hydrogens (tertiary/aromatic N) is 2. The first-order chi connectivity index (χ1) is 8.13. The number of aromatic nitrogens is 2. The molecular formula is C9H13N3O4S. The van der Waals surface area contributed by atoms with E-state index in [9.17, 15) is 9.59 Å². The largest absolute Gasteiger partial charge is 0.459 e. The van der Waals surface area contributed by atoms with Crippen LogP contribution in [-0.4, -0.2) is 41.0 Å². The topological polar surface area (TPSA) is 94.3 Å². The van der Waals surface area contributed by atoms with Gasteiger partial charge >= 0.3 is 11.9 Å². The highest BCUT2D eigenvalue weighted by Crippen LogP contribution is 2.15. The van der Waals surface area contributed by atoms with Crippen molar-refractivity contribution >= 4 is 23.6 Å². The average Bonchev–Trinajstić information content (AvgIpc) is 2.73. The highest BCUT2D eigenvalue weighted by molar-refractivity contribution is 7.99. The predicted molar refractivity (Wildman–Crippen MR) is 59.7 cm³/mol. The molecule has 0 aromatic carbocycles. The molecule has 7 nitrogen and oxygen atoms in total. The van der Waals surface area contributed by atoms with E-state index >= 15 is 0 Å². The standard InChI is InChI=1S/C9H13N3O4S/c1-3-15-8(14)7-11-12-9(16-7)17-5-4-10-6(2)13/h3-5H2,1-2H3,(H,10,13). The number of nitrogens with one attached hydrogen (secondary N) is 1. The Labute approximate surface area is 102 Å². The van der Waals surface area contributed by atoms with Crippen LogP contribution in [0.5, 0.6) is 0 Å². The molecule has 17 heavy (non-hydrogen) atoms. The van der Waals surface area contributed by atoms with Gasteiger partial charge in [-0.1, -0.05) is 16.9 Å². The molecule has 0 saturated carbocycles. The fourth-order valence-corrected chi connectivity index (χ4v) is 1.52. The van der Waals surface area contributed by atoms with Crippen molar-refractivity contribution in [1.82, 2.24) is 15.5 Å². The quantitative estimate of drug-likeness (QED) is 0.451. The molecule has 1 N–H and O–H groups in total. The van der Waals surface area contributed by atoms with Crippen molar-refractivity contribution in [2.45, 2.75) is 19.1 Å². The Morgan fingerprint density at radius 2 is 2.24 bits per heavy atom. The molecule has 1 rings (SSSR count). The molecule has 1 aromatic heterocycles. The molecule has 1 aromatic rings. The molecule has 8 heteroatoms. The molecule has 0 aliphatic rings. The average molecular weight is 259 g/mol. The lowest BCUT2D eigenvalue weighted by Gasteiger charge is -1.98. The molecule has 0 fully saturated rings. The van der Waals surface area contributed by atoms with Crippen LogP contribution in [0.1, 0.15) is 24.5 Å². The predicted octanol–water partition coefficient (Wildman–Crippen LogP) is 0.475. The molecule has 0 saturated heterocycles. The van der Waals surface area contributed by atoms with Gasteiger partial charge in [0.15, 0.2) is 0 Å². The van der Waals surface area contributed by atoms with Gasteiger partial charge in [-0.15, -0.1) is 5.10 Å². The number of thioether (sulfide) groups is 1. The number of amides is 1. The van der Waals surface area contributed by atoms with E-state index < -0.39 is 5.97 Å². The van der Waals surface area contributed by atoms with Crippen LogP contribution in [0.4, 0.5) is 0 Å². The minimum absolute atomic E-state index is 0.0941. The second-order valence-corrected chi connectivity index (χ2v) is 3.97. The monoisotopic (exact) mass is 259 g/mol. The van der Waals surface area contributed by atoms with Crippen LogP contribution < -0.4 is 5.32 Å². The molecule has 0 aliphatic heterocycles. The number of ether oxygens (including phenoxy) is 1. The molecule has 0 spiro atoms. The van der Waals surface area contributed by atoms with Gasteiger partial charge in [0, 0.05) is 19.2 Å². The summed E-state index contributed by atoms with van der Waals surface area (Å²) in [5.74, 6) is -0.296. The van der Waals surface area contributed by atoms with Gasteiger partial charge < -0.3 is 14.5 Å². The summed E-state index contributed by atoms with van der Waals surface area (Å²) in [7, 11) is 0. The summed E-state index contributed by atoms with van der Waals surface area (Å²) < 4.78 is 9.76. The number of rotatable bonds is 6. The SMILES string of the molecule is CCOC(=O)c1nnc(SCCNC(C)=O)o1. The summed E-state index contributed by atoms with van der Waals surface area (Å²) in [6.45, 7) is 3.89. The van der Waals surface area contributed by atoms with Crippen LogP contribution in [0.15, 0.2) is 9.64 Å². The smallest absolute Gasteiger partial charge is 0.396 e. The maximum Gasteiger partial charge on any atom is 0.396 e. The maximum absolute atomic E-state index is 11.2. The summed E-state index contributed by atoms with van der Waals surface area (Å²) >= 11 is 1.26. The third-order valence-electron chi connectivity index (χ3n) is 1.56. The molecule has 0 unspecified atom stereocenters. The van der Waals surface area contributed by atoms with Crippen LogP contribution >= 0.6 is 11.8 Å². The summed E-state index contributed by atoms with van der Waals surface area (Å²) in [4.78, 5) is 21.8. The van der Waals surface area contributed by atoms with Crippen LogP contribution in [0.2, 0.25) is 0 Å². The zero-order chi connectivity index (χ0) is 12.7. The Hall–Kier alpha value is -1.57. The van der Waals surface area contributed by atoms with Crippen molar-refractivity contribution < 1.29 is 18.7 Å². The molecule has 94 valence electrons. The zero-order valence-corrected chi connectivity index (χ0v) is 10.4. The number of carbonyl (C=O) groups excluding carboxylic acids is 2.